The number of halogens is 1. The summed E-state index contributed by atoms with van der Waals surface area (Å²) in [5.41, 5.74) is 0.335. The molecule has 2 aliphatic rings. The van der Waals surface area contributed by atoms with Crippen LogP contribution in [0, 0.1) is 5.92 Å². The van der Waals surface area contributed by atoms with Gasteiger partial charge in [0.15, 0.2) is 0 Å². The maximum Gasteiger partial charge on any atom is 0.242 e. The van der Waals surface area contributed by atoms with Crippen molar-refractivity contribution in [1.82, 2.24) is 9.21 Å². The van der Waals surface area contributed by atoms with Crippen LogP contribution in [0.4, 0.5) is 5.69 Å². The molecule has 0 bridgehead atoms. The Kier molecular flexibility index (Phi) is 6.46. The molecule has 0 radical (unpaired) electrons. The number of nitrogens with zero attached hydrogens (tertiary/aromatic N) is 2. The van der Waals surface area contributed by atoms with Gasteiger partial charge in [0.1, 0.15) is 0 Å². The number of piperidine rings is 1. The third kappa shape index (κ3) is 4.65. The zero-order valence-electron chi connectivity index (χ0n) is 15.9. The van der Waals surface area contributed by atoms with E-state index in [-0.39, 0.29) is 10.8 Å². The molecule has 1 N–H and O–H groups in total. The number of anilines is 1. The Morgan fingerprint density at radius 2 is 1.93 bits per heavy atom. The molecule has 27 heavy (non-hydrogen) atoms. The van der Waals surface area contributed by atoms with Crippen molar-refractivity contribution >= 4 is 33.2 Å². The fourth-order valence-electron chi connectivity index (χ4n) is 4.27. The molecule has 6 nitrogen and oxygen atoms in total. The van der Waals surface area contributed by atoms with E-state index in [9.17, 15) is 13.2 Å². The molecule has 1 heterocycles. The second kappa shape index (κ2) is 8.47. The Morgan fingerprint density at radius 3 is 2.67 bits per heavy atom. The summed E-state index contributed by atoms with van der Waals surface area (Å²) in [6, 6.07) is 4.87. The minimum Gasteiger partial charge on any atom is -0.324 e. The molecule has 2 fully saturated rings. The lowest BCUT2D eigenvalue weighted by atomic mass is 9.78. The molecule has 1 amide bonds. The lowest BCUT2D eigenvalue weighted by Gasteiger charge is -2.43. The molecule has 1 aliphatic heterocycles. The zero-order valence-corrected chi connectivity index (χ0v) is 17.5. The van der Waals surface area contributed by atoms with Gasteiger partial charge in [-0.15, -0.1) is 0 Å². The second-order valence-corrected chi connectivity index (χ2v) is 10.3. The normalized spacial score (nSPS) is 23.9. The van der Waals surface area contributed by atoms with E-state index in [1.165, 1.54) is 58.0 Å². The van der Waals surface area contributed by atoms with Gasteiger partial charge in [0, 0.05) is 20.1 Å². The van der Waals surface area contributed by atoms with Gasteiger partial charge in [-0.2, -0.15) is 0 Å². The lowest BCUT2D eigenvalue weighted by molar-refractivity contribution is -0.118. The third-order valence-corrected chi connectivity index (χ3v) is 7.84. The van der Waals surface area contributed by atoms with Gasteiger partial charge in [0.05, 0.1) is 22.2 Å². The molecule has 1 saturated carbocycles. The fraction of sp³-hybridized carbons (Fsp3) is 0.632. The third-order valence-electron chi connectivity index (χ3n) is 5.70. The number of carbonyl (C=O) groups is 1. The summed E-state index contributed by atoms with van der Waals surface area (Å²) in [4.78, 5) is 15.0. The van der Waals surface area contributed by atoms with Gasteiger partial charge in [-0.1, -0.05) is 24.4 Å². The monoisotopic (exact) mass is 413 g/mol. The second-order valence-electron chi connectivity index (χ2n) is 7.70. The topological polar surface area (TPSA) is 69.7 Å². The van der Waals surface area contributed by atoms with Gasteiger partial charge in [0.25, 0.3) is 0 Å². The average Bonchev–Trinajstić information content (AvgIpc) is 2.63. The van der Waals surface area contributed by atoms with Gasteiger partial charge in [0.2, 0.25) is 15.9 Å². The Balaban J connectivity index is 1.70. The smallest absolute Gasteiger partial charge is 0.242 e. The molecule has 1 aliphatic carbocycles. The molecule has 1 aromatic rings. The minimum absolute atomic E-state index is 0.109. The standard InChI is InChI=1S/C19H28ClN3O3S/c1-22(2)27(25,26)15-9-10-16(20)17(12-15)21-19(24)13-23-11-5-7-14-6-3-4-8-18(14)23/h9-10,12,14,18H,3-8,11,13H2,1-2H3,(H,21,24)/t14-,18-/m0/s1. The van der Waals surface area contributed by atoms with Crippen molar-refractivity contribution in [3.8, 4) is 0 Å². The SMILES string of the molecule is CN(C)S(=O)(=O)c1ccc(Cl)c(NC(=O)CN2CCC[C@@H]3CCCC[C@@H]32)c1. The van der Waals surface area contributed by atoms with Crippen LogP contribution in [0.2, 0.25) is 5.02 Å². The van der Waals surface area contributed by atoms with Crippen LogP contribution in [0.1, 0.15) is 38.5 Å². The molecular weight excluding hydrogens is 386 g/mol. The summed E-state index contributed by atoms with van der Waals surface area (Å²) < 4.78 is 25.8. The summed E-state index contributed by atoms with van der Waals surface area (Å²) in [6.07, 6.45) is 7.35. The summed E-state index contributed by atoms with van der Waals surface area (Å²) in [5, 5.41) is 3.14. The summed E-state index contributed by atoms with van der Waals surface area (Å²) >= 11 is 6.19. The van der Waals surface area contributed by atoms with Crippen LogP contribution in [0.15, 0.2) is 23.1 Å². The van der Waals surface area contributed by atoms with E-state index in [1.807, 2.05) is 0 Å². The maximum absolute atomic E-state index is 12.6. The number of fused-ring (bicyclic) bond motifs is 1. The van der Waals surface area contributed by atoms with Gasteiger partial charge in [-0.05, 0) is 56.3 Å². The molecule has 3 rings (SSSR count). The lowest BCUT2D eigenvalue weighted by Crippen LogP contribution is -2.49. The van der Waals surface area contributed by atoms with Crippen LogP contribution in [0.25, 0.3) is 0 Å². The highest BCUT2D eigenvalue weighted by Gasteiger charge is 2.34. The molecule has 2 atom stereocenters. The fourth-order valence-corrected chi connectivity index (χ4v) is 5.36. The Hall–Kier alpha value is -1.15. The van der Waals surface area contributed by atoms with Gasteiger partial charge >= 0.3 is 0 Å². The van der Waals surface area contributed by atoms with E-state index >= 15 is 0 Å². The number of benzene rings is 1. The van der Waals surface area contributed by atoms with Crippen LogP contribution in [-0.4, -0.2) is 56.8 Å². The summed E-state index contributed by atoms with van der Waals surface area (Å²) in [6.45, 7) is 1.26. The van der Waals surface area contributed by atoms with Crippen molar-refractivity contribution in [2.24, 2.45) is 5.92 Å². The van der Waals surface area contributed by atoms with Crippen LogP contribution in [0.3, 0.4) is 0 Å². The largest absolute Gasteiger partial charge is 0.324 e. The molecule has 0 unspecified atom stereocenters. The van der Waals surface area contributed by atoms with Crippen molar-refractivity contribution in [3.05, 3.63) is 23.2 Å². The first kappa shape index (κ1) is 20.6. The van der Waals surface area contributed by atoms with Crippen molar-refractivity contribution in [3.63, 3.8) is 0 Å². The molecule has 1 aromatic carbocycles. The maximum atomic E-state index is 12.6. The first-order valence-corrected chi connectivity index (χ1v) is 11.4. The first-order valence-electron chi connectivity index (χ1n) is 9.55. The molecule has 150 valence electrons. The Labute approximate surface area is 166 Å². The summed E-state index contributed by atoms with van der Waals surface area (Å²) in [7, 11) is -0.639. The first-order chi connectivity index (χ1) is 12.8. The van der Waals surface area contributed by atoms with Gasteiger partial charge in [-0.25, -0.2) is 12.7 Å². The van der Waals surface area contributed by atoms with Crippen molar-refractivity contribution in [1.29, 1.82) is 0 Å². The number of likely N-dealkylation sites (tertiary alicyclic amines) is 1. The van der Waals surface area contributed by atoms with Crippen LogP contribution in [0.5, 0.6) is 0 Å². The number of sulfonamides is 1. The predicted octanol–water partition coefficient (Wildman–Crippen LogP) is 3.18. The Bertz CT molecular complexity index is 795. The number of rotatable bonds is 5. The molecule has 0 spiro atoms. The van der Waals surface area contributed by atoms with Crippen LogP contribution in [-0.2, 0) is 14.8 Å². The predicted molar refractivity (Wildman–Crippen MR) is 108 cm³/mol. The average molecular weight is 414 g/mol. The van der Waals surface area contributed by atoms with Crippen molar-refractivity contribution in [2.45, 2.75) is 49.5 Å². The molecule has 0 aromatic heterocycles. The number of amides is 1. The quantitative estimate of drug-likeness (QED) is 0.804. The molecule has 8 heteroatoms. The molecular formula is C19H28ClN3O3S. The van der Waals surface area contributed by atoms with Crippen LogP contribution < -0.4 is 5.32 Å². The van der Waals surface area contributed by atoms with Crippen molar-refractivity contribution < 1.29 is 13.2 Å². The number of hydrogen-bond acceptors (Lipinski definition) is 4. The van der Waals surface area contributed by atoms with Gasteiger partial charge in [-0.3, -0.25) is 9.69 Å². The highest BCUT2D eigenvalue weighted by atomic mass is 35.5. The van der Waals surface area contributed by atoms with Crippen LogP contribution >= 0.6 is 11.6 Å². The van der Waals surface area contributed by atoms with E-state index in [1.54, 1.807) is 0 Å². The van der Waals surface area contributed by atoms with E-state index in [0.29, 0.717) is 29.2 Å². The van der Waals surface area contributed by atoms with E-state index in [0.717, 1.165) is 23.7 Å². The summed E-state index contributed by atoms with van der Waals surface area (Å²) in [5.74, 6) is 0.556. The van der Waals surface area contributed by atoms with E-state index < -0.39 is 10.0 Å². The van der Waals surface area contributed by atoms with Crippen molar-refractivity contribution in [2.75, 3.05) is 32.5 Å². The van der Waals surface area contributed by atoms with Gasteiger partial charge < -0.3 is 5.32 Å². The van der Waals surface area contributed by atoms with E-state index in [4.69, 9.17) is 11.6 Å². The zero-order chi connectivity index (χ0) is 19.6. The number of nitrogens with one attached hydrogen (secondary N) is 1. The van der Waals surface area contributed by atoms with E-state index in [2.05, 4.69) is 10.2 Å². The highest BCUT2D eigenvalue weighted by molar-refractivity contribution is 7.89. The molecule has 1 saturated heterocycles. The number of hydrogen-bond donors (Lipinski definition) is 1. The minimum atomic E-state index is -3.58. The number of carbonyl (C=O) groups excluding carboxylic acids is 1. The highest BCUT2D eigenvalue weighted by Crippen LogP contribution is 2.35. The Morgan fingerprint density at radius 1 is 1.22 bits per heavy atom.